The summed E-state index contributed by atoms with van der Waals surface area (Å²) < 4.78 is 10.5. The monoisotopic (exact) mass is 419 g/mol. The van der Waals surface area contributed by atoms with E-state index in [1.165, 1.54) is 19.9 Å². The molecule has 160 valence electrons. The lowest BCUT2D eigenvalue weighted by Gasteiger charge is -2.10. The van der Waals surface area contributed by atoms with Crippen molar-refractivity contribution < 1.29 is 23.9 Å². The molecule has 1 aromatic heterocycles. The summed E-state index contributed by atoms with van der Waals surface area (Å²) in [6, 6.07) is 11.5. The van der Waals surface area contributed by atoms with Crippen molar-refractivity contribution in [3.05, 3.63) is 70.6 Å². The number of hydrogen-bond donors (Lipinski definition) is 1. The van der Waals surface area contributed by atoms with Crippen LogP contribution in [0, 0.1) is 13.8 Å². The SMILES string of the molecule is COc1ccc2cc(/C=C/C(=O)O[C@@H](C)C(=O)c3[nH]c(C)c(C(C)=O)c3C)ccc2c1. The summed E-state index contributed by atoms with van der Waals surface area (Å²) in [6.45, 7) is 6.41. The number of Topliss-reactive ketones (excluding diaryl/α,β-unsaturated/α-hetero) is 2. The first kappa shape index (κ1) is 22.0. The maximum absolute atomic E-state index is 12.7. The molecule has 0 aliphatic carbocycles. The predicted octanol–water partition coefficient (Wildman–Crippen LogP) is 4.82. The molecule has 3 aromatic rings. The van der Waals surface area contributed by atoms with Crippen LogP contribution in [0.3, 0.4) is 0 Å². The number of esters is 1. The summed E-state index contributed by atoms with van der Waals surface area (Å²) in [5, 5.41) is 2.04. The summed E-state index contributed by atoms with van der Waals surface area (Å²) in [5.74, 6) is -0.342. The Kier molecular flexibility index (Phi) is 6.39. The molecule has 0 unspecified atom stereocenters. The summed E-state index contributed by atoms with van der Waals surface area (Å²) in [5.41, 5.74) is 2.81. The summed E-state index contributed by atoms with van der Waals surface area (Å²) >= 11 is 0. The number of nitrogens with one attached hydrogen (secondary N) is 1. The van der Waals surface area contributed by atoms with Crippen LogP contribution in [0.1, 0.15) is 51.5 Å². The van der Waals surface area contributed by atoms with Crippen LogP contribution in [0.4, 0.5) is 0 Å². The van der Waals surface area contributed by atoms with E-state index in [9.17, 15) is 14.4 Å². The largest absolute Gasteiger partial charge is 0.497 e. The van der Waals surface area contributed by atoms with Crippen LogP contribution in [0.25, 0.3) is 16.8 Å². The lowest BCUT2D eigenvalue weighted by atomic mass is 10.0. The van der Waals surface area contributed by atoms with E-state index >= 15 is 0 Å². The molecule has 0 amide bonds. The molecule has 6 nitrogen and oxygen atoms in total. The number of H-pyrrole nitrogens is 1. The molecule has 0 aliphatic rings. The Morgan fingerprint density at radius 2 is 1.71 bits per heavy atom. The van der Waals surface area contributed by atoms with Crippen LogP contribution in [0.15, 0.2) is 42.5 Å². The molecule has 3 rings (SSSR count). The first-order valence-corrected chi connectivity index (χ1v) is 9.92. The highest BCUT2D eigenvalue weighted by Crippen LogP contribution is 2.23. The molecule has 0 aliphatic heterocycles. The van der Waals surface area contributed by atoms with Gasteiger partial charge in [0.15, 0.2) is 11.9 Å². The minimum Gasteiger partial charge on any atom is -0.497 e. The number of aromatic nitrogens is 1. The van der Waals surface area contributed by atoms with E-state index in [4.69, 9.17) is 9.47 Å². The highest BCUT2D eigenvalue weighted by atomic mass is 16.5. The first-order chi connectivity index (χ1) is 14.7. The smallest absolute Gasteiger partial charge is 0.331 e. The third-order valence-electron chi connectivity index (χ3n) is 5.18. The Balaban J connectivity index is 1.69. The predicted molar refractivity (Wildman–Crippen MR) is 120 cm³/mol. The number of hydrogen-bond acceptors (Lipinski definition) is 5. The molecule has 1 N–H and O–H groups in total. The number of ether oxygens (including phenoxy) is 2. The van der Waals surface area contributed by atoms with E-state index in [0.29, 0.717) is 16.8 Å². The number of rotatable bonds is 7. The average molecular weight is 419 g/mol. The zero-order chi connectivity index (χ0) is 22.7. The Morgan fingerprint density at radius 1 is 1.03 bits per heavy atom. The van der Waals surface area contributed by atoms with Crippen molar-refractivity contribution >= 4 is 34.4 Å². The van der Waals surface area contributed by atoms with Crippen LogP contribution >= 0.6 is 0 Å². The quantitative estimate of drug-likeness (QED) is 0.337. The molecule has 0 saturated heterocycles. The highest BCUT2D eigenvalue weighted by Gasteiger charge is 2.25. The number of carbonyl (C=O) groups excluding carboxylic acids is 3. The Bertz CT molecular complexity index is 1200. The number of aryl methyl sites for hydroxylation is 1. The molecule has 6 heteroatoms. The standard InChI is InChI=1S/C25H25NO5/c1-14-23(16(3)27)15(2)26-24(14)25(29)17(4)31-22(28)11-7-18-6-8-20-13-21(30-5)10-9-19(20)12-18/h6-13,17,26H,1-5H3/b11-7+/t17-/m0/s1. The average Bonchev–Trinajstić information content (AvgIpc) is 3.04. The van der Waals surface area contributed by atoms with Gasteiger partial charge in [0.25, 0.3) is 0 Å². The zero-order valence-electron chi connectivity index (χ0n) is 18.2. The molecule has 0 bridgehead atoms. The summed E-state index contributed by atoms with van der Waals surface area (Å²) in [4.78, 5) is 39.7. The molecule has 0 saturated carbocycles. The second-order valence-corrected chi connectivity index (χ2v) is 7.43. The molecule has 0 spiro atoms. The van der Waals surface area contributed by atoms with Gasteiger partial charge in [-0.1, -0.05) is 18.2 Å². The minimum atomic E-state index is -0.988. The van der Waals surface area contributed by atoms with Gasteiger partial charge >= 0.3 is 5.97 Å². The molecule has 1 atom stereocenters. The van der Waals surface area contributed by atoms with Crippen molar-refractivity contribution in [3.8, 4) is 5.75 Å². The van der Waals surface area contributed by atoms with Crippen molar-refractivity contribution in [1.29, 1.82) is 0 Å². The fourth-order valence-corrected chi connectivity index (χ4v) is 3.63. The van der Waals surface area contributed by atoms with Crippen LogP contribution in [0.2, 0.25) is 0 Å². The highest BCUT2D eigenvalue weighted by molar-refractivity contribution is 6.05. The van der Waals surface area contributed by atoms with Crippen LogP contribution in [0.5, 0.6) is 5.75 Å². The van der Waals surface area contributed by atoms with E-state index in [1.807, 2.05) is 36.4 Å². The van der Waals surface area contributed by atoms with Gasteiger partial charge < -0.3 is 14.5 Å². The minimum absolute atomic E-state index is 0.119. The van der Waals surface area contributed by atoms with Gasteiger partial charge in [0, 0.05) is 17.3 Å². The molecule has 31 heavy (non-hydrogen) atoms. The van der Waals surface area contributed by atoms with Gasteiger partial charge in [0.05, 0.1) is 12.8 Å². The third kappa shape index (κ3) is 4.74. The summed E-state index contributed by atoms with van der Waals surface area (Å²) in [7, 11) is 1.62. The number of fused-ring (bicyclic) bond motifs is 1. The van der Waals surface area contributed by atoms with E-state index in [2.05, 4.69) is 4.98 Å². The second kappa shape index (κ2) is 9.00. The lowest BCUT2D eigenvalue weighted by molar-refractivity contribution is -0.140. The molecule has 1 heterocycles. The summed E-state index contributed by atoms with van der Waals surface area (Å²) in [6.07, 6.45) is 1.95. The number of ketones is 2. The first-order valence-electron chi connectivity index (χ1n) is 9.92. The molecule has 0 fully saturated rings. The van der Waals surface area contributed by atoms with Crippen LogP contribution in [-0.2, 0) is 9.53 Å². The third-order valence-corrected chi connectivity index (χ3v) is 5.18. The lowest BCUT2D eigenvalue weighted by Crippen LogP contribution is -2.24. The maximum atomic E-state index is 12.7. The topological polar surface area (TPSA) is 85.5 Å². The Hall–Kier alpha value is -3.67. The maximum Gasteiger partial charge on any atom is 0.331 e. The second-order valence-electron chi connectivity index (χ2n) is 7.43. The fourth-order valence-electron chi connectivity index (χ4n) is 3.63. The molecular weight excluding hydrogens is 394 g/mol. The van der Waals surface area contributed by atoms with Gasteiger partial charge in [0.2, 0.25) is 5.78 Å². The van der Waals surface area contributed by atoms with Gasteiger partial charge in [-0.05, 0) is 73.9 Å². The van der Waals surface area contributed by atoms with Crippen molar-refractivity contribution in [2.75, 3.05) is 7.11 Å². The van der Waals surface area contributed by atoms with Gasteiger partial charge in [-0.3, -0.25) is 9.59 Å². The normalized spacial score (nSPS) is 12.2. The van der Waals surface area contributed by atoms with Gasteiger partial charge in [-0.25, -0.2) is 4.79 Å². The molecule has 0 radical (unpaired) electrons. The van der Waals surface area contributed by atoms with Crippen LogP contribution in [-0.4, -0.2) is 35.7 Å². The van der Waals surface area contributed by atoms with Crippen LogP contribution < -0.4 is 4.74 Å². The van der Waals surface area contributed by atoms with Crippen molar-refractivity contribution in [3.63, 3.8) is 0 Å². The molecule has 2 aromatic carbocycles. The van der Waals surface area contributed by atoms with E-state index in [0.717, 1.165) is 22.1 Å². The molecular formula is C25H25NO5. The van der Waals surface area contributed by atoms with Gasteiger partial charge in [-0.2, -0.15) is 0 Å². The number of benzene rings is 2. The van der Waals surface area contributed by atoms with E-state index < -0.39 is 12.1 Å². The number of methoxy groups -OCH3 is 1. The Labute approximate surface area is 180 Å². The zero-order valence-corrected chi connectivity index (χ0v) is 18.2. The Morgan fingerprint density at radius 3 is 2.35 bits per heavy atom. The van der Waals surface area contributed by atoms with Gasteiger partial charge in [0.1, 0.15) is 5.75 Å². The fraction of sp³-hybridized carbons (Fsp3) is 0.240. The van der Waals surface area contributed by atoms with Gasteiger partial charge in [-0.15, -0.1) is 0 Å². The number of carbonyl (C=O) groups is 3. The van der Waals surface area contributed by atoms with Crippen molar-refractivity contribution in [1.82, 2.24) is 4.98 Å². The van der Waals surface area contributed by atoms with E-state index in [-0.39, 0.29) is 17.3 Å². The number of aromatic amines is 1. The van der Waals surface area contributed by atoms with Crippen molar-refractivity contribution in [2.45, 2.75) is 33.8 Å². The van der Waals surface area contributed by atoms with Crippen molar-refractivity contribution in [2.24, 2.45) is 0 Å². The van der Waals surface area contributed by atoms with E-state index in [1.54, 1.807) is 27.0 Å².